The molecule has 0 radical (unpaired) electrons. The van der Waals surface area contributed by atoms with Crippen molar-refractivity contribution in [3.63, 3.8) is 0 Å². The fourth-order valence-electron chi connectivity index (χ4n) is 1.90. The number of sulfone groups is 1. The Balaban J connectivity index is 2.23. The van der Waals surface area contributed by atoms with Gasteiger partial charge in [0, 0.05) is 17.5 Å². The van der Waals surface area contributed by atoms with Gasteiger partial charge in [0.2, 0.25) is 0 Å². The molecule has 0 saturated carbocycles. The Labute approximate surface area is 129 Å². The monoisotopic (exact) mass is 314 g/mol. The van der Waals surface area contributed by atoms with E-state index >= 15 is 0 Å². The molecule has 0 atom stereocenters. The second kappa shape index (κ2) is 6.00. The summed E-state index contributed by atoms with van der Waals surface area (Å²) in [5.74, 6) is -0.320. The van der Waals surface area contributed by atoms with Crippen molar-refractivity contribution in [2.24, 2.45) is 0 Å². The second-order valence-electron chi connectivity index (χ2n) is 4.89. The molecule has 5 nitrogen and oxygen atoms in total. The quantitative estimate of drug-likeness (QED) is 0.943. The molecular weight excluding hydrogens is 300 g/mol. The summed E-state index contributed by atoms with van der Waals surface area (Å²) in [6, 6.07) is 12.8. The van der Waals surface area contributed by atoms with E-state index in [4.69, 9.17) is 5.26 Å². The highest BCUT2D eigenvalue weighted by Gasteiger charge is 2.11. The molecular formula is C16H14N2O3S. The lowest BCUT2D eigenvalue weighted by Gasteiger charge is -2.10. The third-order valence-electron chi connectivity index (χ3n) is 3.15. The minimum Gasteiger partial charge on any atom is -0.322 e. The minimum absolute atomic E-state index is 0.210. The van der Waals surface area contributed by atoms with E-state index in [2.05, 4.69) is 5.32 Å². The molecule has 6 heteroatoms. The number of hydrogen-bond donors (Lipinski definition) is 1. The molecule has 2 rings (SSSR count). The predicted molar refractivity (Wildman–Crippen MR) is 83.4 cm³/mol. The Morgan fingerprint density at radius 1 is 1.14 bits per heavy atom. The number of nitrogens with one attached hydrogen (secondary N) is 1. The molecule has 1 amide bonds. The molecule has 0 spiro atoms. The predicted octanol–water partition coefficient (Wildman–Crippen LogP) is 2.52. The van der Waals surface area contributed by atoms with Gasteiger partial charge >= 0.3 is 0 Å². The summed E-state index contributed by atoms with van der Waals surface area (Å²) in [6.45, 7) is 1.73. The third kappa shape index (κ3) is 3.51. The fraction of sp³-hybridized carbons (Fsp3) is 0.125. The number of nitrogens with zero attached hydrogens (tertiary/aromatic N) is 1. The zero-order chi connectivity index (χ0) is 16.3. The molecule has 112 valence electrons. The van der Waals surface area contributed by atoms with Gasteiger partial charge in [-0.25, -0.2) is 8.42 Å². The van der Waals surface area contributed by atoms with Crippen molar-refractivity contribution >= 4 is 21.4 Å². The van der Waals surface area contributed by atoms with Crippen molar-refractivity contribution in [3.05, 3.63) is 59.2 Å². The van der Waals surface area contributed by atoms with Crippen molar-refractivity contribution in [1.82, 2.24) is 0 Å². The molecule has 2 aromatic carbocycles. The van der Waals surface area contributed by atoms with E-state index in [0.29, 0.717) is 22.4 Å². The summed E-state index contributed by atoms with van der Waals surface area (Å²) in [5.41, 5.74) is 2.10. The lowest BCUT2D eigenvalue weighted by Crippen LogP contribution is -2.13. The Hall–Kier alpha value is -2.65. The minimum atomic E-state index is -3.27. The number of benzene rings is 2. The van der Waals surface area contributed by atoms with Gasteiger partial charge < -0.3 is 5.32 Å². The second-order valence-corrected chi connectivity index (χ2v) is 6.91. The van der Waals surface area contributed by atoms with Gasteiger partial charge in [0.15, 0.2) is 9.84 Å². The van der Waals surface area contributed by atoms with Crippen LogP contribution in [0.4, 0.5) is 5.69 Å². The Morgan fingerprint density at radius 3 is 2.27 bits per heavy atom. The summed E-state index contributed by atoms with van der Waals surface area (Å²) in [5, 5.41) is 11.5. The van der Waals surface area contributed by atoms with Crippen LogP contribution in [0.2, 0.25) is 0 Å². The van der Waals surface area contributed by atoms with Crippen molar-refractivity contribution in [2.75, 3.05) is 11.6 Å². The van der Waals surface area contributed by atoms with E-state index in [1.807, 2.05) is 6.07 Å². The molecule has 0 saturated heterocycles. The van der Waals surface area contributed by atoms with Crippen molar-refractivity contribution in [2.45, 2.75) is 11.8 Å². The molecule has 22 heavy (non-hydrogen) atoms. The van der Waals surface area contributed by atoms with E-state index in [-0.39, 0.29) is 10.8 Å². The number of aryl methyl sites for hydroxylation is 1. The van der Waals surface area contributed by atoms with E-state index < -0.39 is 9.84 Å². The Bertz CT molecular complexity index is 863. The summed E-state index contributed by atoms with van der Waals surface area (Å²) in [6.07, 6.45) is 1.14. The van der Waals surface area contributed by atoms with E-state index in [1.165, 1.54) is 12.1 Å². The van der Waals surface area contributed by atoms with Crippen LogP contribution in [0.5, 0.6) is 0 Å². The first-order valence-corrected chi connectivity index (χ1v) is 8.32. The SMILES string of the molecule is Cc1cc(S(C)(=O)=O)ccc1NC(=O)c1ccc(C#N)cc1. The summed E-state index contributed by atoms with van der Waals surface area (Å²) >= 11 is 0. The zero-order valence-electron chi connectivity index (χ0n) is 12.1. The van der Waals surface area contributed by atoms with Crippen LogP contribution in [0.1, 0.15) is 21.5 Å². The molecule has 0 unspecified atom stereocenters. The van der Waals surface area contributed by atoms with Gasteiger partial charge in [-0.15, -0.1) is 0 Å². The topological polar surface area (TPSA) is 87.0 Å². The number of anilines is 1. The first kappa shape index (κ1) is 15.7. The van der Waals surface area contributed by atoms with E-state index in [0.717, 1.165) is 6.26 Å². The van der Waals surface area contributed by atoms with Gasteiger partial charge in [-0.3, -0.25) is 4.79 Å². The van der Waals surface area contributed by atoms with Crippen molar-refractivity contribution < 1.29 is 13.2 Å². The van der Waals surface area contributed by atoms with Gasteiger partial charge in [-0.2, -0.15) is 5.26 Å². The number of carbonyl (C=O) groups excluding carboxylic acids is 1. The van der Waals surface area contributed by atoms with E-state index in [9.17, 15) is 13.2 Å². The Morgan fingerprint density at radius 2 is 1.77 bits per heavy atom. The molecule has 0 aliphatic rings. The Kier molecular flexibility index (Phi) is 4.29. The van der Waals surface area contributed by atoms with Gasteiger partial charge in [0.1, 0.15) is 0 Å². The summed E-state index contributed by atoms with van der Waals surface area (Å²) < 4.78 is 23.0. The van der Waals surface area contributed by atoms with Crippen LogP contribution in [0.15, 0.2) is 47.4 Å². The molecule has 2 aromatic rings. The van der Waals surface area contributed by atoms with Crippen molar-refractivity contribution in [3.8, 4) is 6.07 Å². The maximum absolute atomic E-state index is 12.1. The highest BCUT2D eigenvalue weighted by Crippen LogP contribution is 2.20. The number of carbonyl (C=O) groups is 1. The molecule has 0 aliphatic carbocycles. The standard InChI is InChI=1S/C16H14N2O3S/c1-11-9-14(22(2,20)21)7-8-15(11)18-16(19)13-5-3-12(10-17)4-6-13/h3-9H,1-2H3,(H,18,19). The third-order valence-corrected chi connectivity index (χ3v) is 4.26. The highest BCUT2D eigenvalue weighted by molar-refractivity contribution is 7.90. The molecule has 0 aliphatic heterocycles. The number of amides is 1. The maximum Gasteiger partial charge on any atom is 0.255 e. The smallest absolute Gasteiger partial charge is 0.255 e. The largest absolute Gasteiger partial charge is 0.322 e. The van der Waals surface area contributed by atoms with Crippen LogP contribution >= 0.6 is 0 Å². The first-order valence-electron chi connectivity index (χ1n) is 6.43. The summed E-state index contributed by atoms with van der Waals surface area (Å²) in [7, 11) is -3.27. The van der Waals surface area contributed by atoms with Gasteiger partial charge in [0.05, 0.1) is 16.5 Å². The average molecular weight is 314 g/mol. The van der Waals surface area contributed by atoms with Crippen LogP contribution in [-0.4, -0.2) is 20.6 Å². The van der Waals surface area contributed by atoms with Gasteiger partial charge in [-0.05, 0) is 55.0 Å². The normalized spacial score (nSPS) is 10.8. The average Bonchev–Trinajstić information content (AvgIpc) is 2.48. The number of hydrogen-bond acceptors (Lipinski definition) is 4. The number of rotatable bonds is 3. The van der Waals surface area contributed by atoms with Crippen molar-refractivity contribution in [1.29, 1.82) is 5.26 Å². The lowest BCUT2D eigenvalue weighted by molar-refractivity contribution is 0.102. The van der Waals surface area contributed by atoms with Crippen LogP contribution < -0.4 is 5.32 Å². The highest BCUT2D eigenvalue weighted by atomic mass is 32.2. The lowest BCUT2D eigenvalue weighted by atomic mass is 10.1. The van der Waals surface area contributed by atoms with Crippen LogP contribution in [-0.2, 0) is 9.84 Å². The fourth-order valence-corrected chi connectivity index (χ4v) is 2.60. The van der Waals surface area contributed by atoms with Crippen LogP contribution in [0.3, 0.4) is 0 Å². The summed E-state index contributed by atoms with van der Waals surface area (Å²) in [4.78, 5) is 12.3. The zero-order valence-corrected chi connectivity index (χ0v) is 12.9. The number of nitriles is 1. The maximum atomic E-state index is 12.1. The van der Waals surface area contributed by atoms with Gasteiger partial charge in [0.25, 0.3) is 5.91 Å². The molecule has 0 fully saturated rings. The first-order chi connectivity index (χ1) is 10.3. The van der Waals surface area contributed by atoms with Gasteiger partial charge in [-0.1, -0.05) is 0 Å². The molecule has 1 N–H and O–H groups in total. The molecule has 0 bridgehead atoms. The molecule has 0 aromatic heterocycles. The van der Waals surface area contributed by atoms with Crippen LogP contribution in [0, 0.1) is 18.3 Å². The molecule has 0 heterocycles. The van der Waals surface area contributed by atoms with E-state index in [1.54, 1.807) is 37.3 Å². The van der Waals surface area contributed by atoms with Crippen LogP contribution in [0.25, 0.3) is 0 Å².